The molecule has 4 aromatic rings. The second-order valence-electron chi connectivity index (χ2n) is 9.20. The molecule has 0 aliphatic rings. The van der Waals surface area contributed by atoms with Crippen LogP contribution in [0.15, 0.2) is 84.5 Å². The second kappa shape index (κ2) is 11.9. The van der Waals surface area contributed by atoms with Gasteiger partial charge in [0.2, 0.25) is 5.91 Å². The molecule has 1 aromatic heterocycles. The van der Waals surface area contributed by atoms with Crippen LogP contribution in [0.1, 0.15) is 41.6 Å². The van der Waals surface area contributed by atoms with Gasteiger partial charge >= 0.3 is 0 Å². The van der Waals surface area contributed by atoms with Crippen molar-refractivity contribution in [3.63, 3.8) is 0 Å². The van der Waals surface area contributed by atoms with Gasteiger partial charge in [-0.25, -0.2) is 0 Å². The number of carbonyl (C=O) groups excluding carboxylic acids is 2. The molecule has 2 amide bonds. The zero-order valence-electron chi connectivity index (χ0n) is 21.3. The highest BCUT2D eigenvalue weighted by Crippen LogP contribution is 2.26. The topological polar surface area (TPSA) is 88.9 Å². The largest absolute Gasteiger partial charge is 0.342 e. The highest BCUT2D eigenvalue weighted by atomic mass is 32.2. The molecule has 0 aliphatic carbocycles. The van der Waals surface area contributed by atoms with Gasteiger partial charge in [0.05, 0.1) is 11.8 Å². The van der Waals surface area contributed by atoms with Gasteiger partial charge in [-0.2, -0.15) is 0 Å². The van der Waals surface area contributed by atoms with Crippen LogP contribution in [0, 0.1) is 12.8 Å². The molecule has 190 valence electrons. The molecule has 7 nitrogen and oxygen atoms in total. The molecule has 0 saturated carbocycles. The summed E-state index contributed by atoms with van der Waals surface area (Å²) in [5, 5.41) is 17.6. The fourth-order valence-corrected chi connectivity index (χ4v) is 4.75. The van der Waals surface area contributed by atoms with E-state index in [0.29, 0.717) is 23.1 Å². The predicted molar refractivity (Wildman–Crippen MR) is 150 cm³/mol. The van der Waals surface area contributed by atoms with Crippen molar-refractivity contribution in [3.8, 4) is 0 Å². The molecule has 0 saturated heterocycles. The summed E-state index contributed by atoms with van der Waals surface area (Å²) >= 11 is 1.30. The van der Waals surface area contributed by atoms with Gasteiger partial charge in [-0.05, 0) is 47.9 Å². The van der Waals surface area contributed by atoms with Gasteiger partial charge < -0.3 is 15.2 Å². The number of aryl methyl sites for hydroxylation is 1. The van der Waals surface area contributed by atoms with E-state index < -0.39 is 0 Å². The molecule has 1 atom stereocenters. The predicted octanol–water partition coefficient (Wildman–Crippen LogP) is 5.78. The van der Waals surface area contributed by atoms with Gasteiger partial charge in [0, 0.05) is 17.8 Å². The van der Waals surface area contributed by atoms with Gasteiger partial charge in [0.25, 0.3) is 5.91 Å². The number of amides is 2. The molecule has 0 unspecified atom stereocenters. The number of carbonyl (C=O) groups is 2. The van der Waals surface area contributed by atoms with E-state index in [1.165, 1.54) is 11.8 Å². The minimum atomic E-state index is -0.359. The van der Waals surface area contributed by atoms with Crippen LogP contribution in [-0.2, 0) is 11.3 Å². The Morgan fingerprint density at radius 1 is 1.03 bits per heavy atom. The number of nitrogens with one attached hydrogen (secondary N) is 2. The number of fused-ring (bicyclic) bond motifs is 1. The third-order valence-corrected chi connectivity index (χ3v) is 6.93. The molecule has 0 aliphatic heterocycles. The molecule has 0 fully saturated rings. The van der Waals surface area contributed by atoms with Crippen LogP contribution >= 0.6 is 11.8 Å². The maximum absolute atomic E-state index is 12.9. The highest BCUT2D eigenvalue weighted by Gasteiger charge is 2.26. The Balaban J connectivity index is 1.46. The number of anilines is 1. The van der Waals surface area contributed by atoms with Crippen molar-refractivity contribution in [3.05, 3.63) is 96.3 Å². The fourth-order valence-electron chi connectivity index (χ4n) is 3.99. The molecule has 4 rings (SSSR count). The number of hydrogen-bond donors (Lipinski definition) is 2. The summed E-state index contributed by atoms with van der Waals surface area (Å²) in [5.74, 6) is 0.562. The quantitative estimate of drug-likeness (QED) is 0.207. The van der Waals surface area contributed by atoms with Crippen LogP contribution in [0.25, 0.3) is 10.8 Å². The summed E-state index contributed by atoms with van der Waals surface area (Å²) < 4.78 is 1.90. The first-order chi connectivity index (χ1) is 17.9. The standard InChI is InChI=1S/C29H31N5O2S/c1-5-16-34-27(26(19(2)3)31-28(36)22-12-10-20(4)11-13-22)32-33-29(34)37-18-25(35)30-24-15-14-21-8-6-7-9-23(21)17-24/h5-15,17,19,26H,1,16,18H2,2-4H3,(H,30,35)(H,31,36)/t26-/m0/s1. The number of aromatic nitrogens is 3. The van der Waals surface area contributed by atoms with E-state index in [1.54, 1.807) is 6.08 Å². The van der Waals surface area contributed by atoms with Crippen molar-refractivity contribution in [2.75, 3.05) is 11.1 Å². The molecule has 8 heteroatoms. The summed E-state index contributed by atoms with van der Waals surface area (Å²) in [4.78, 5) is 25.6. The van der Waals surface area contributed by atoms with Crippen molar-refractivity contribution in [1.29, 1.82) is 0 Å². The lowest BCUT2D eigenvalue weighted by atomic mass is 10.0. The average Bonchev–Trinajstić information content (AvgIpc) is 3.28. The number of allylic oxidation sites excluding steroid dienone is 1. The molecule has 0 bridgehead atoms. The van der Waals surface area contributed by atoms with E-state index in [-0.39, 0.29) is 29.5 Å². The Kier molecular flexibility index (Phi) is 8.40. The van der Waals surface area contributed by atoms with Crippen molar-refractivity contribution in [2.45, 2.75) is 38.5 Å². The fraction of sp³-hybridized carbons (Fsp3) is 0.241. The van der Waals surface area contributed by atoms with E-state index in [0.717, 1.165) is 22.0 Å². The molecular weight excluding hydrogens is 482 g/mol. The molecule has 0 radical (unpaired) electrons. The molecular formula is C29H31N5O2S. The lowest BCUT2D eigenvalue weighted by Crippen LogP contribution is -2.33. The Labute approximate surface area is 221 Å². The molecule has 1 heterocycles. The van der Waals surface area contributed by atoms with Crippen LogP contribution in [0.2, 0.25) is 0 Å². The van der Waals surface area contributed by atoms with Crippen molar-refractivity contribution < 1.29 is 9.59 Å². The first-order valence-corrected chi connectivity index (χ1v) is 13.2. The van der Waals surface area contributed by atoms with Crippen LogP contribution in [0.5, 0.6) is 0 Å². The van der Waals surface area contributed by atoms with E-state index in [1.807, 2.05) is 92.1 Å². The number of rotatable bonds is 10. The van der Waals surface area contributed by atoms with E-state index in [4.69, 9.17) is 0 Å². The summed E-state index contributed by atoms with van der Waals surface area (Å²) in [6.45, 7) is 10.4. The molecule has 37 heavy (non-hydrogen) atoms. The van der Waals surface area contributed by atoms with E-state index in [9.17, 15) is 9.59 Å². The molecule has 0 spiro atoms. The Morgan fingerprint density at radius 2 is 1.76 bits per heavy atom. The first-order valence-electron chi connectivity index (χ1n) is 12.2. The average molecular weight is 514 g/mol. The Morgan fingerprint density at radius 3 is 2.46 bits per heavy atom. The maximum atomic E-state index is 12.9. The maximum Gasteiger partial charge on any atom is 0.251 e. The summed E-state index contributed by atoms with van der Waals surface area (Å²) in [7, 11) is 0. The number of hydrogen-bond acceptors (Lipinski definition) is 5. The lowest BCUT2D eigenvalue weighted by molar-refractivity contribution is -0.113. The van der Waals surface area contributed by atoms with Crippen LogP contribution < -0.4 is 10.6 Å². The summed E-state index contributed by atoms with van der Waals surface area (Å²) in [6, 6.07) is 20.9. The number of benzene rings is 3. The number of thioether (sulfide) groups is 1. The number of nitrogens with zero attached hydrogens (tertiary/aromatic N) is 3. The summed E-state index contributed by atoms with van der Waals surface area (Å²) in [5.41, 5.74) is 2.43. The van der Waals surface area contributed by atoms with Crippen molar-refractivity contribution in [1.82, 2.24) is 20.1 Å². The monoisotopic (exact) mass is 513 g/mol. The zero-order chi connectivity index (χ0) is 26.4. The molecule has 2 N–H and O–H groups in total. The van der Waals surface area contributed by atoms with Crippen molar-refractivity contribution >= 4 is 40.0 Å². The van der Waals surface area contributed by atoms with Gasteiger partial charge in [-0.15, -0.1) is 16.8 Å². The summed E-state index contributed by atoms with van der Waals surface area (Å²) in [6.07, 6.45) is 1.76. The van der Waals surface area contributed by atoms with Crippen LogP contribution in [0.4, 0.5) is 5.69 Å². The highest BCUT2D eigenvalue weighted by molar-refractivity contribution is 7.99. The van der Waals surface area contributed by atoms with Gasteiger partial charge in [-0.3, -0.25) is 9.59 Å². The third-order valence-electron chi connectivity index (χ3n) is 5.97. The van der Waals surface area contributed by atoms with Gasteiger partial charge in [-0.1, -0.05) is 79.7 Å². The smallest absolute Gasteiger partial charge is 0.251 e. The SMILES string of the molecule is C=CCn1c(SCC(=O)Nc2ccc3ccccc3c2)nnc1[C@@H](NC(=O)c1ccc(C)cc1)C(C)C. The third kappa shape index (κ3) is 6.46. The van der Waals surface area contributed by atoms with Crippen LogP contribution in [0.3, 0.4) is 0 Å². The molecule has 3 aromatic carbocycles. The first kappa shape index (κ1) is 26.2. The lowest BCUT2D eigenvalue weighted by Gasteiger charge is -2.22. The Hall–Kier alpha value is -3.91. The van der Waals surface area contributed by atoms with Crippen molar-refractivity contribution in [2.24, 2.45) is 5.92 Å². The van der Waals surface area contributed by atoms with Crippen LogP contribution in [-0.4, -0.2) is 32.3 Å². The minimum Gasteiger partial charge on any atom is -0.342 e. The van der Waals surface area contributed by atoms with Gasteiger partial charge in [0.15, 0.2) is 11.0 Å². The minimum absolute atomic E-state index is 0.0659. The van der Waals surface area contributed by atoms with E-state index >= 15 is 0 Å². The zero-order valence-corrected chi connectivity index (χ0v) is 22.1. The normalized spacial score (nSPS) is 11.9. The second-order valence-corrected chi connectivity index (χ2v) is 10.1. The Bertz CT molecular complexity index is 1410. The van der Waals surface area contributed by atoms with Gasteiger partial charge in [0.1, 0.15) is 0 Å². The van der Waals surface area contributed by atoms with E-state index in [2.05, 4.69) is 27.4 Å².